The number of fused-ring (bicyclic) bond motifs is 1. The van der Waals surface area contributed by atoms with E-state index in [0.717, 1.165) is 11.3 Å². The zero-order chi connectivity index (χ0) is 24.4. The van der Waals surface area contributed by atoms with Crippen molar-refractivity contribution in [3.05, 3.63) is 68.0 Å². The molecule has 3 amide bonds. The fourth-order valence-electron chi connectivity index (χ4n) is 3.76. The number of hydrogen-bond acceptors (Lipinski definition) is 7. The van der Waals surface area contributed by atoms with E-state index < -0.39 is 10.8 Å². The summed E-state index contributed by atoms with van der Waals surface area (Å²) in [6.45, 7) is 1.85. The Hall–Kier alpha value is -3.54. The number of carbonyl (C=O) groups is 3. The van der Waals surface area contributed by atoms with Gasteiger partial charge in [-0.2, -0.15) is 0 Å². The van der Waals surface area contributed by atoms with Crippen LogP contribution in [-0.2, 0) is 4.79 Å². The van der Waals surface area contributed by atoms with Crippen molar-refractivity contribution in [3.8, 4) is 0 Å². The van der Waals surface area contributed by atoms with Crippen molar-refractivity contribution >= 4 is 62.1 Å². The van der Waals surface area contributed by atoms with Crippen LogP contribution >= 0.6 is 22.9 Å². The molecule has 2 heterocycles. The normalized spacial score (nSPS) is 14.2. The van der Waals surface area contributed by atoms with Gasteiger partial charge >= 0.3 is 0 Å². The summed E-state index contributed by atoms with van der Waals surface area (Å²) in [4.78, 5) is 51.5. The molecule has 0 bridgehead atoms. The number of carbonyl (C=O) groups excluding carboxylic acids is 3. The van der Waals surface area contributed by atoms with E-state index in [9.17, 15) is 24.5 Å². The first-order valence-corrected chi connectivity index (χ1v) is 11.5. The van der Waals surface area contributed by atoms with E-state index in [1.807, 2.05) is 4.90 Å². The maximum Gasteiger partial charge on any atom is 0.270 e. The number of nitrogens with one attached hydrogen (secondary N) is 1. The highest BCUT2D eigenvalue weighted by Crippen LogP contribution is 2.38. The van der Waals surface area contributed by atoms with E-state index >= 15 is 0 Å². The number of para-hydroxylation sites is 1. The molecule has 176 valence electrons. The monoisotopic (exact) mass is 501 g/mol. The number of benzene rings is 2. The van der Waals surface area contributed by atoms with Crippen molar-refractivity contribution in [3.63, 3.8) is 0 Å². The van der Waals surface area contributed by atoms with Crippen molar-refractivity contribution in [2.75, 3.05) is 38.0 Å². The highest BCUT2D eigenvalue weighted by Gasteiger charge is 2.27. The Morgan fingerprint density at radius 3 is 2.50 bits per heavy atom. The molecule has 34 heavy (non-hydrogen) atoms. The number of thiophene rings is 1. The minimum absolute atomic E-state index is 0.0604. The first-order chi connectivity index (χ1) is 16.2. The number of anilines is 1. The van der Waals surface area contributed by atoms with E-state index in [0.29, 0.717) is 46.8 Å². The van der Waals surface area contributed by atoms with Crippen LogP contribution in [0.5, 0.6) is 0 Å². The molecule has 1 aromatic heterocycles. The number of rotatable bonds is 6. The third-order valence-corrected chi connectivity index (χ3v) is 7.16. The van der Waals surface area contributed by atoms with Gasteiger partial charge in [0.15, 0.2) is 0 Å². The highest BCUT2D eigenvalue weighted by atomic mass is 35.5. The van der Waals surface area contributed by atoms with Crippen LogP contribution in [0.3, 0.4) is 0 Å². The van der Waals surface area contributed by atoms with Gasteiger partial charge in [-0.15, -0.1) is 11.3 Å². The molecule has 4 rings (SSSR count). The average molecular weight is 502 g/mol. The number of primary amides is 1. The summed E-state index contributed by atoms with van der Waals surface area (Å²) in [5.74, 6) is -1.16. The summed E-state index contributed by atoms with van der Waals surface area (Å²) in [6, 6.07) is 10.8. The van der Waals surface area contributed by atoms with Crippen LogP contribution in [0.25, 0.3) is 10.1 Å². The molecular formula is C22H20ClN5O5S. The molecular weight excluding hydrogens is 482 g/mol. The molecule has 0 unspecified atom stereocenters. The second kappa shape index (κ2) is 9.75. The Bertz CT molecular complexity index is 1300. The van der Waals surface area contributed by atoms with E-state index in [1.54, 1.807) is 35.2 Å². The second-order valence-electron chi connectivity index (χ2n) is 7.71. The van der Waals surface area contributed by atoms with E-state index in [2.05, 4.69) is 5.32 Å². The Labute approximate surface area is 203 Å². The van der Waals surface area contributed by atoms with Crippen LogP contribution in [-0.4, -0.2) is 65.2 Å². The molecule has 1 aliphatic rings. The topological polar surface area (TPSA) is 139 Å². The lowest BCUT2D eigenvalue weighted by atomic mass is 10.1. The quantitative estimate of drug-likeness (QED) is 0.393. The number of hydrogen-bond donors (Lipinski definition) is 2. The highest BCUT2D eigenvalue weighted by molar-refractivity contribution is 7.21. The number of amides is 3. The fraction of sp³-hybridized carbons (Fsp3) is 0.227. The minimum atomic E-state index is -0.627. The number of nitro benzene ring substituents is 1. The molecule has 0 aliphatic carbocycles. The van der Waals surface area contributed by atoms with E-state index in [1.165, 1.54) is 12.1 Å². The van der Waals surface area contributed by atoms with Crippen LogP contribution in [0.1, 0.15) is 20.0 Å². The average Bonchev–Trinajstić information content (AvgIpc) is 3.15. The van der Waals surface area contributed by atoms with Gasteiger partial charge in [0.25, 0.3) is 17.5 Å². The third-order valence-electron chi connectivity index (χ3n) is 5.51. The van der Waals surface area contributed by atoms with Crippen molar-refractivity contribution in [2.24, 2.45) is 5.73 Å². The lowest BCUT2D eigenvalue weighted by Gasteiger charge is -2.34. The second-order valence-corrected chi connectivity index (χ2v) is 9.14. The minimum Gasteiger partial charge on any atom is -0.366 e. The maximum atomic E-state index is 13.1. The van der Waals surface area contributed by atoms with Crippen LogP contribution in [0, 0.1) is 10.1 Å². The van der Waals surface area contributed by atoms with Crippen LogP contribution in [0.15, 0.2) is 42.5 Å². The maximum absolute atomic E-state index is 13.1. The molecule has 10 nitrogen and oxygen atoms in total. The Morgan fingerprint density at radius 1 is 1.12 bits per heavy atom. The van der Waals surface area contributed by atoms with Crippen molar-refractivity contribution in [1.29, 1.82) is 0 Å². The number of non-ortho nitro benzene ring substituents is 1. The van der Waals surface area contributed by atoms with Crippen LogP contribution in [0.4, 0.5) is 11.4 Å². The van der Waals surface area contributed by atoms with Gasteiger partial charge in [-0.05, 0) is 18.2 Å². The summed E-state index contributed by atoms with van der Waals surface area (Å²) >= 11 is 7.54. The molecule has 2 aromatic carbocycles. The number of halogens is 1. The number of piperazine rings is 1. The summed E-state index contributed by atoms with van der Waals surface area (Å²) in [5, 5.41) is 14.6. The van der Waals surface area contributed by atoms with E-state index in [4.69, 9.17) is 17.3 Å². The predicted molar refractivity (Wildman–Crippen MR) is 129 cm³/mol. The standard InChI is InChI=1S/C22H20ClN5O5S/c23-19-15-6-5-13(28(32)33)11-17(15)34-20(19)22(31)27-9-7-26(8-10-27)12-18(29)25-16-4-2-1-3-14(16)21(24)30/h1-6,11H,7-10,12H2,(H2,24,30)(H,25,29). The van der Waals surface area contributed by atoms with Gasteiger partial charge in [-0.25, -0.2) is 0 Å². The van der Waals surface area contributed by atoms with Gasteiger partial charge in [-0.3, -0.25) is 29.4 Å². The number of nitro groups is 1. The predicted octanol–water partition coefficient (Wildman–Crippen LogP) is 2.96. The first kappa shape index (κ1) is 23.6. The third kappa shape index (κ3) is 4.86. The first-order valence-electron chi connectivity index (χ1n) is 10.3. The largest absolute Gasteiger partial charge is 0.366 e. The SMILES string of the molecule is NC(=O)c1ccccc1NC(=O)CN1CCN(C(=O)c2sc3cc([N+](=O)[O-])ccc3c2Cl)CC1. The van der Waals surface area contributed by atoms with Gasteiger partial charge in [0.1, 0.15) is 4.88 Å². The van der Waals surface area contributed by atoms with Gasteiger partial charge in [0, 0.05) is 48.4 Å². The van der Waals surface area contributed by atoms with Crippen molar-refractivity contribution in [1.82, 2.24) is 9.80 Å². The van der Waals surface area contributed by atoms with Crippen molar-refractivity contribution < 1.29 is 19.3 Å². The van der Waals surface area contributed by atoms with Crippen LogP contribution in [0.2, 0.25) is 5.02 Å². The summed E-state index contributed by atoms with van der Waals surface area (Å²) in [7, 11) is 0. The lowest BCUT2D eigenvalue weighted by molar-refractivity contribution is -0.384. The number of nitrogens with two attached hydrogens (primary N) is 1. The van der Waals surface area contributed by atoms with Gasteiger partial charge < -0.3 is 16.0 Å². The Morgan fingerprint density at radius 2 is 1.82 bits per heavy atom. The molecule has 12 heteroatoms. The molecule has 1 fully saturated rings. The Balaban J connectivity index is 1.37. The molecule has 3 N–H and O–H groups in total. The molecule has 0 spiro atoms. The van der Waals surface area contributed by atoms with Crippen LogP contribution < -0.4 is 11.1 Å². The van der Waals surface area contributed by atoms with Crippen molar-refractivity contribution in [2.45, 2.75) is 0 Å². The Kier molecular flexibility index (Phi) is 6.77. The smallest absolute Gasteiger partial charge is 0.270 e. The zero-order valence-corrected chi connectivity index (χ0v) is 19.4. The molecule has 1 saturated heterocycles. The molecule has 0 radical (unpaired) electrons. The molecule has 1 aliphatic heterocycles. The molecule has 3 aromatic rings. The summed E-state index contributed by atoms with van der Waals surface area (Å²) < 4.78 is 0.578. The van der Waals surface area contributed by atoms with Gasteiger partial charge in [0.05, 0.1) is 27.7 Å². The summed E-state index contributed by atoms with van der Waals surface area (Å²) in [6.07, 6.45) is 0. The lowest BCUT2D eigenvalue weighted by Crippen LogP contribution is -2.50. The molecule has 0 saturated carbocycles. The molecule has 0 atom stereocenters. The van der Waals surface area contributed by atoms with Gasteiger partial charge in [-0.1, -0.05) is 23.7 Å². The summed E-state index contributed by atoms with van der Waals surface area (Å²) in [5.41, 5.74) is 5.87. The van der Waals surface area contributed by atoms with E-state index in [-0.39, 0.29) is 34.6 Å². The fourth-order valence-corrected chi connectivity index (χ4v) is 5.27. The van der Waals surface area contributed by atoms with Gasteiger partial charge in [0.2, 0.25) is 5.91 Å². The number of nitrogens with zero attached hydrogens (tertiary/aromatic N) is 3. The zero-order valence-electron chi connectivity index (χ0n) is 17.8.